The van der Waals surface area contributed by atoms with Gasteiger partial charge in [0.25, 0.3) is 0 Å². The van der Waals surface area contributed by atoms with Crippen LogP contribution in [0.1, 0.15) is 13.0 Å². The van der Waals surface area contributed by atoms with Crippen LogP contribution in [0.2, 0.25) is 0 Å². The van der Waals surface area contributed by atoms with E-state index in [4.69, 9.17) is 10.5 Å². The minimum atomic E-state index is 0.205. The summed E-state index contributed by atoms with van der Waals surface area (Å²) < 4.78 is 7.72. The van der Waals surface area contributed by atoms with E-state index in [-0.39, 0.29) is 6.04 Å². The Balaban J connectivity index is 2.29. The summed E-state index contributed by atoms with van der Waals surface area (Å²) in [5, 5.41) is 8.07. The molecule has 1 aromatic carbocycles. The number of para-hydroxylation sites is 1. The maximum atomic E-state index is 5.90. The lowest BCUT2D eigenvalue weighted by Crippen LogP contribution is -2.11. The molecule has 16 heavy (non-hydrogen) atoms. The van der Waals surface area contributed by atoms with E-state index in [2.05, 4.69) is 17.1 Å². The third-order valence-corrected chi connectivity index (χ3v) is 2.80. The summed E-state index contributed by atoms with van der Waals surface area (Å²) in [6.45, 7) is 2.64. The molecule has 5 nitrogen and oxygen atoms in total. The lowest BCUT2D eigenvalue weighted by atomic mass is 10.1. The number of nitrogens with two attached hydrogens (primary N) is 1. The van der Waals surface area contributed by atoms with Crippen LogP contribution in [0, 0.1) is 0 Å². The fraction of sp³-hybridized carbons (Fsp3) is 0.273. The van der Waals surface area contributed by atoms with Crippen LogP contribution in [0.3, 0.4) is 0 Å². The zero-order chi connectivity index (χ0) is 11.1. The van der Waals surface area contributed by atoms with Crippen molar-refractivity contribution in [3.63, 3.8) is 0 Å². The van der Waals surface area contributed by atoms with Crippen molar-refractivity contribution in [3.8, 4) is 17.1 Å². The molecule has 1 aromatic heterocycles. The van der Waals surface area contributed by atoms with E-state index in [1.807, 2.05) is 22.8 Å². The summed E-state index contributed by atoms with van der Waals surface area (Å²) in [6, 6.07) is 5.88. The maximum Gasteiger partial charge on any atom is 0.167 e. The number of hydrogen-bond donors (Lipinski definition) is 1. The van der Waals surface area contributed by atoms with Crippen molar-refractivity contribution in [2.75, 3.05) is 12.3 Å². The number of anilines is 1. The monoisotopic (exact) mass is 216 g/mol. The highest BCUT2D eigenvalue weighted by atomic mass is 16.5. The van der Waals surface area contributed by atoms with Gasteiger partial charge in [0.1, 0.15) is 12.9 Å². The summed E-state index contributed by atoms with van der Waals surface area (Å²) in [4.78, 5) is 0. The first kappa shape index (κ1) is 9.21. The Bertz CT molecular complexity index is 535. The van der Waals surface area contributed by atoms with Crippen LogP contribution in [0.15, 0.2) is 24.5 Å². The van der Waals surface area contributed by atoms with Gasteiger partial charge >= 0.3 is 0 Å². The molecule has 82 valence electrons. The number of hydrogen-bond acceptors (Lipinski definition) is 4. The van der Waals surface area contributed by atoms with E-state index in [9.17, 15) is 0 Å². The largest absolute Gasteiger partial charge is 0.488 e. The first-order valence-electron chi connectivity index (χ1n) is 5.18. The Morgan fingerprint density at radius 1 is 1.50 bits per heavy atom. The standard InChI is InChI=1S/C11H12N4O/c1-7-5-16-10-8(3-2-4-9(10)12)11-14-13-6-15(7)11/h2-4,6-7H,5,12H2,1H3/t7-/m1/s1. The lowest BCUT2D eigenvalue weighted by molar-refractivity contribution is 0.270. The van der Waals surface area contributed by atoms with Crippen LogP contribution in [-0.2, 0) is 0 Å². The fourth-order valence-electron chi connectivity index (χ4n) is 1.93. The predicted octanol–water partition coefficient (Wildman–Crippen LogP) is 1.48. The molecule has 0 saturated carbocycles. The second-order valence-electron chi connectivity index (χ2n) is 3.95. The van der Waals surface area contributed by atoms with Crippen molar-refractivity contribution in [3.05, 3.63) is 24.5 Å². The van der Waals surface area contributed by atoms with E-state index < -0.39 is 0 Å². The zero-order valence-electron chi connectivity index (χ0n) is 8.92. The third kappa shape index (κ3) is 1.18. The van der Waals surface area contributed by atoms with Gasteiger partial charge < -0.3 is 15.0 Å². The second-order valence-corrected chi connectivity index (χ2v) is 3.95. The quantitative estimate of drug-likeness (QED) is 0.677. The molecule has 0 unspecified atom stereocenters. The first-order valence-corrected chi connectivity index (χ1v) is 5.18. The molecule has 0 bridgehead atoms. The summed E-state index contributed by atoms with van der Waals surface area (Å²) in [6.07, 6.45) is 1.72. The van der Waals surface area contributed by atoms with Crippen molar-refractivity contribution in [1.82, 2.24) is 14.8 Å². The van der Waals surface area contributed by atoms with Crippen LogP contribution < -0.4 is 10.5 Å². The van der Waals surface area contributed by atoms with Gasteiger partial charge in [0.15, 0.2) is 11.6 Å². The number of aromatic nitrogens is 3. The predicted molar refractivity (Wildman–Crippen MR) is 60.1 cm³/mol. The van der Waals surface area contributed by atoms with Gasteiger partial charge in [0.05, 0.1) is 17.3 Å². The van der Waals surface area contributed by atoms with Gasteiger partial charge in [0.2, 0.25) is 0 Å². The number of benzene rings is 1. The Kier molecular flexibility index (Phi) is 1.86. The maximum absolute atomic E-state index is 5.90. The molecule has 0 amide bonds. The van der Waals surface area contributed by atoms with Gasteiger partial charge in [-0.2, -0.15) is 0 Å². The van der Waals surface area contributed by atoms with Crippen molar-refractivity contribution < 1.29 is 4.74 Å². The Hall–Kier alpha value is -2.04. The number of nitrogen functional groups attached to an aromatic ring is 1. The molecule has 0 fully saturated rings. The average molecular weight is 216 g/mol. The van der Waals surface area contributed by atoms with Gasteiger partial charge in [-0.15, -0.1) is 10.2 Å². The van der Waals surface area contributed by atoms with Crippen LogP contribution in [0.4, 0.5) is 5.69 Å². The molecule has 0 spiro atoms. The molecule has 2 aromatic rings. The molecule has 3 rings (SSSR count). The van der Waals surface area contributed by atoms with Gasteiger partial charge in [0, 0.05) is 0 Å². The minimum absolute atomic E-state index is 0.205. The van der Waals surface area contributed by atoms with E-state index in [1.54, 1.807) is 6.33 Å². The first-order chi connectivity index (χ1) is 7.77. The summed E-state index contributed by atoms with van der Waals surface area (Å²) in [5.41, 5.74) is 7.44. The highest BCUT2D eigenvalue weighted by molar-refractivity contribution is 5.73. The molecular formula is C11H12N4O. The second kappa shape index (κ2) is 3.23. The van der Waals surface area contributed by atoms with E-state index in [0.717, 1.165) is 11.4 Å². The fourth-order valence-corrected chi connectivity index (χ4v) is 1.93. The normalized spacial score (nSPS) is 18.2. The minimum Gasteiger partial charge on any atom is -0.488 e. The van der Waals surface area contributed by atoms with Crippen molar-refractivity contribution >= 4 is 5.69 Å². The Labute approximate surface area is 92.9 Å². The number of rotatable bonds is 0. The van der Waals surface area contributed by atoms with Gasteiger partial charge in [-0.05, 0) is 19.1 Å². The van der Waals surface area contributed by atoms with Gasteiger partial charge in [-0.1, -0.05) is 6.07 Å². The SMILES string of the molecule is C[C@@H]1COc2c(N)cccc2-c2nncn21. The highest BCUT2D eigenvalue weighted by Gasteiger charge is 2.22. The third-order valence-electron chi connectivity index (χ3n) is 2.80. The van der Waals surface area contributed by atoms with Crippen LogP contribution >= 0.6 is 0 Å². The molecule has 0 aliphatic carbocycles. The van der Waals surface area contributed by atoms with E-state index in [1.165, 1.54) is 0 Å². The Morgan fingerprint density at radius 3 is 3.25 bits per heavy atom. The molecule has 0 radical (unpaired) electrons. The molecule has 1 aliphatic heterocycles. The number of nitrogens with zero attached hydrogens (tertiary/aromatic N) is 3. The highest BCUT2D eigenvalue weighted by Crippen LogP contribution is 2.37. The molecule has 2 N–H and O–H groups in total. The van der Waals surface area contributed by atoms with Crippen LogP contribution in [0.25, 0.3) is 11.4 Å². The molecular weight excluding hydrogens is 204 g/mol. The van der Waals surface area contributed by atoms with Gasteiger partial charge in [-0.25, -0.2) is 0 Å². The Morgan fingerprint density at radius 2 is 2.38 bits per heavy atom. The van der Waals surface area contributed by atoms with Crippen molar-refractivity contribution in [2.24, 2.45) is 0 Å². The average Bonchev–Trinajstić information content (AvgIpc) is 2.71. The molecule has 5 heteroatoms. The molecule has 1 aliphatic rings. The smallest absolute Gasteiger partial charge is 0.167 e. The molecule has 2 heterocycles. The number of ether oxygens (including phenoxy) is 1. The van der Waals surface area contributed by atoms with E-state index in [0.29, 0.717) is 18.0 Å². The summed E-state index contributed by atoms with van der Waals surface area (Å²) in [7, 11) is 0. The van der Waals surface area contributed by atoms with Crippen LogP contribution in [-0.4, -0.2) is 21.4 Å². The summed E-state index contributed by atoms with van der Waals surface area (Å²) in [5.74, 6) is 1.52. The zero-order valence-corrected chi connectivity index (χ0v) is 8.92. The van der Waals surface area contributed by atoms with Gasteiger partial charge in [-0.3, -0.25) is 0 Å². The topological polar surface area (TPSA) is 66.0 Å². The van der Waals surface area contributed by atoms with E-state index >= 15 is 0 Å². The summed E-state index contributed by atoms with van der Waals surface area (Å²) >= 11 is 0. The van der Waals surface area contributed by atoms with Crippen LogP contribution in [0.5, 0.6) is 5.75 Å². The number of fused-ring (bicyclic) bond motifs is 3. The molecule has 0 saturated heterocycles. The molecule has 1 atom stereocenters. The van der Waals surface area contributed by atoms with Crippen molar-refractivity contribution in [1.29, 1.82) is 0 Å². The lowest BCUT2D eigenvalue weighted by Gasteiger charge is -2.11. The van der Waals surface area contributed by atoms with Crippen molar-refractivity contribution in [2.45, 2.75) is 13.0 Å².